The summed E-state index contributed by atoms with van der Waals surface area (Å²) in [4.78, 5) is 0. The molecular weight excluding hydrogens is 536 g/mol. The van der Waals surface area contributed by atoms with E-state index in [0.717, 1.165) is 0 Å². The summed E-state index contributed by atoms with van der Waals surface area (Å²) < 4.78 is 14.3. The van der Waals surface area contributed by atoms with Crippen LogP contribution in [0.1, 0.15) is 115 Å². The summed E-state index contributed by atoms with van der Waals surface area (Å²) in [5.41, 5.74) is 18.2. The molecular formula is C42H30O2. The van der Waals surface area contributed by atoms with Gasteiger partial charge in [-0.05, 0) is 78.9 Å². The highest BCUT2D eigenvalue weighted by Crippen LogP contribution is 2.75. The Morgan fingerprint density at radius 3 is 0.682 bits per heavy atom. The van der Waals surface area contributed by atoms with Gasteiger partial charge in [-0.3, -0.25) is 0 Å². The highest BCUT2D eigenvalue weighted by Gasteiger charge is 2.66. The molecule has 4 heterocycles. The van der Waals surface area contributed by atoms with Crippen LogP contribution in [0, 0.1) is 23.7 Å². The van der Waals surface area contributed by atoms with E-state index >= 15 is 0 Å². The Morgan fingerprint density at radius 1 is 0.273 bits per heavy atom. The molecule has 8 atom stereocenters. The van der Waals surface area contributed by atoms with Gasteiger partial charge in [0.05, 0.1) is 24.4 Å². The molecule has 8 bridgehead atoms. The first-order chi connectivity index (χ1) is 21.9. The van der Waals surface area contributed by atoms with Crippen LogP contribution in [0.5, 0.6) is 0 Å². The molecule has 44 heavy (non-hydrogen) atoms. The second-order valence-electron chi connectivity index (χ2n) is 14.8. The minimum atomic E-state index is 0.165. The molecule has 0 amide bonds. The third-order valence-electron chi connectivity index (χ3n) is 13.6. The van der Waals surface area contributed by atoms with E-state index in [1.165, 1.54) is 66.8 Å². The highest BCUT2D eigenvalue weighted by atomic mass is 16.5. The first-order valence-electron chi connectivity index (χ1n) is 16.7. The maximum Gasteiger partial charge on any atom is 0.0878 e. The van der Waals surface area contributed by atoms with E-state index in [4.69, 9.17) is 9.47 Å². The number of ether oxygens (including phenoxy) is 2. The molecule has 4 aliphatic heterocycles. The summed E-state index contributed by atoms with van der Waals surface area (Å²) in [6.07, 6.45) is 0.662. The van der Waals surface area contributed by atoms with Gasteiger partial charge in [0.1, 0.15) is 0 Å². The van der Waals surface area contributed by atoms with Crippen molar-refractivity contribution < 1.29 is 9.47 Å². The summed E-state index contributed by atoms with van der Waals surface area (Å²) in [6.45, 7) is 0. The molecule has 0 spiro atoms. The molecule has 2 saturated heterocycles. The predicted molar refractivity (Wildman–Crippen MR) is 167 cm³/mol. The van der Waals surface area contributed by atoms with Gasteiger partial charge in [0.15, 0.2) is 0 Å². The van der Waals surface area contributed by atoms with Crippen molar-refractivity contribution in [3.63, 3.8) is 0 Å². The topological polar surface area (TPSA) is 18.5 Å². The smallest absolute Gasteiger partial charge is 0.0878 e. The molecule has 15 rings (SSSR count). The van der Waals surface area contributed by atoms with Gasteiger partial charge in [-0.15, -0.1) is 0 Å². The molecule has 6 aliphatic carbocycles. The average molecular weight is 567 g/mol. The second kappa shape index (κ2) is 7.28. The first kappa shape index (κ1) is 22.5. The van der Waals surface area contributed by atoms with Gasteiger partial charge in [0.25, 0.3) is 0 Å². The van der Waals surface area contributed by atoms with Gasteiger partial charge in [0, 0.05) is 47.3 Å². The van der Waals surface area contributed by atoms with Gasteiger partial charge >= 0.3 is 0 Å². The van der Waals surface area contributed by atoms with E-state index in [1.54, 1.807) is 0 Å². The van der Waals surface area contributed by atoms with Crippen LogP contribution in [0.25, 0.3) is 0 Å². The van der Waals surface area contributed by atoms with Crippen LogP contribution < -0.4 is 0 Å². The fourth-order valence-electron chi connectivity index (χ4n) is 12.5. The monoisotopic (exact) mass is 566 g/mol. The van der Waals surface area contributed by atoms with Gasteiger partial charge in [0.2, 0.25) is 0 Å². The number of rotatable bonds is 0. The van der Waals surface area contributed by atoms with Gasteiger partial charge in [-0.2, -0.15) is 0 Å². The Bertz CT molecular complexity index is 1750. The Kier molecular flexibility index (Phi) is 3.73. The maximum absolute atomic E-state index is 7.14. The lowest BCUT2D eigenvalue weighted by Gasteiger charge is -2.52. The van der Waals surface area contributed by atoms with Crippen molar-refractivity contribution in [1.29, 1.82) is 0 Å². The molecule has 210 valence electrons. The van der Waals surface area contributed by atoms with Crippen molar-refractivity contribution in [3.05, 3.63) is 176 Å². The molecule has 5 aromatic rings. The standard InChI is InChI=1S/C42H30O2/c1-2-10-20-19(9-1)31-21-11-3-4-12-22(21)32(20)36-35(31)39-27-17-29-30(18-28(27)40(36)43-39)42-38-34-25-15-7-5-13-23(25)33(37(38)41(29)44-42)24-14-6-8-16-26(24)34/h1-18,31-42H/t31?,32?,33?,34?,35-,36+,37-,38+,39-,40-,41+,42+. The summed E-state index contributed by atoms with van der Waals surface area (Å²) >= 11 is 0. The van der Waals surface area contributed by atoms with Crippen molar-refractivity contribution in [3.8, 4) is 0 Å². The van der Waals surface area contributed by atoms with E-state index in [1.807, 2.05) is 0 Å². The minimum Gasteiger partial charge on any atom is -0.365 e. The molecule has 0 N–H and O–H groups in total. The van der Waals surface area contributed by atoms with Crippen molar-refractivity contribution >= 4 is 0 Å². The molecule has 5 aromatic carbocycles. The molecule has 2 heteroatoms. The van der Waals surface area contributed by atoms with Gasteiger partial charge in [-0.1, -0.05) is 97.1 Å². The van der Waals surface area contributed by atoms with Crippen LogP contribution in [0.15, 0.2) is 109 Å². The van der Waals surface area contributed by atoms with E-state index in [0.29, 0.717) is 47.3 Å². The summed E-state index contributed by atoms with van der Waals surface area (Å²) in [6, 6.07) is 42.3. The van der Waals surface area contributed by atoms with Crippen LogP contribution in [0.2, 0.25) is 0 Å². The quantitative estimate of drug-likeness (QED) is 0.186. The highest BCUT2D eigenvalue weighted by molar-refractivity contribution is 5.63. The van der Waals surface area contributed by atoms with Crippen LogP contribution in [-0.2, 0) is 9.47 Å². The largest absolute Gasteiger partial charge is 0.365 e. The lowest BCUT2D eigenvalue weighted by atomic mass is 9.49. The number of benzene rings is 5. The molecule has 10 aliphatic rings. The Balaban J connectivity index is 0.979. The zero-order chi connectivity index (χ0) is 28.0. The molecule has 0 aromatic heterocycles. The van der Waals surface area contributed by atoms with E-state index in [9.17, 15) is 0 Å². The zero-order valence-electron chi connectivity index (χ0n) is 24.1. The minimum absolute atomic E-state index is 0.165. The number of fused-ring (bicyclic) bond motifs is 10. The molecule has 0 saturated carbocycles. The first-order valence-corrected chi connectivity index (χ1v) is 16.7. The van der Waals surface area contributed by atoms with Crippen molar-refractivity contribution in [1.82, 2.24) is 0 Å². The third kappa shape index (κ3) is 2.25. The second-order valence-corrected chi connectivity index (χ2v) is 14.8. The fraction of sp³-hybridized carbons (Fsp3) is 0.286. The number of hydrogen-bond acceptors (Lipinski definition) is 2. The van der Waals surface area contributed by atoms with E-state index in [2.05, 4.69) is 109 Å². The Hall–Kier alpha value is -3.98. The lowest BCUT2D eigenvalue weighted by molar-refractivity contribution is 0.0494. The maximum atomic E-state index is 7.14. The Morgan fingerprint density at radius 2 is 0.477 bits per heavy atom. The molecule has 0 unspecified atom stereocenters. The SMILES string of the molecule is c1ccc2c(c1)C1c3ccccc3C2[C@H]2[C@@H]1[C@@H]1O[C@@H]2c2cc3c(cc21)[C@@H]1O[C@@H]3[C@H]2C3c4ccccc4C(c4ccccc43)[C@H]21. The fourth-order valence-corrected chi connectivity index (χ4v) is 12.5. The van der Waals surface area contributed by atoms with Crippen molar-refractivity contribution in [2.75, 3.05) is 0 Å². The lowest BCUT2D eigenvalue weighted by Crippen LogP contribution is -2.43. The molecule has 2 nitrogen and oxygen atoms in total. The zero-order valence-corrected chi connectivity index (χ0v) is 24.1. The van der Waals surface area contributed by atoms with Crippen LogP contribution >= 0.6 is 0 Å². The normalized spacial score (nSPS) is 38.7. The van der Waals surface area contributed by atoms with Crippen molar-refractivity contribution in [2.45, 2.75) is 48.1 Å². The Labute approximate surface area is 256 Å². The predicted octanol–water partition coefficient (Wildman–Crippen LogP) is 8.99. The van der Waals surface area contributed by atoms with E-state index in [-0.39, 0.29) is 24.4 Å². The van der Waals surface area contributed by atoms with Gasteiger partial charge < -0.3 is 9.47 Å². The average Bonchev–Trinajstić information content (AvgIpc) is 3.86. The molecule has 2 fully saturated rings. The van der Waals surface area contributed by atoms with Crippen molar-refractivity contribution in [2.24, 2.45) is 23.7 Å². The van der Waals surface area contributed by atoms with E-state index < -0.39 is 0 Å². The molecule has 0 radical (unpaired) electrons. The third-order valence-corrected chi connectivity index (χ3v) is 13.6. The summed E-state index contributed by atoms with van der Waals surface area (Å²) in [5.74, 6) is 3.63. The summed E-state index contributed by atoms with van der Waals surface area (Å²) in [5, 5.41) is 0. The van der Waals surface area contributed by atoms with Gasteiger partial charge in [-0.25, -0.2) is 0 Å². The number of hydrogen-bond donors (Lipinski definition) is 0. The van der Waals surface area contributed by atoms with Crippen LogP contribution in [0.3, 0.4) is 0 Å². The van der Waals surface area contributed by atoms with Crippen LogP contribution in [0.4, 0.5) is 0 Å². The van der Waals surface area contributed by atoms with Crippen LogP contribution in [-0.4, -0.2) is 0 Å². The summed E-state index contributed by atoms with van der Waals surface area (Å²) in [7, 11) is 0.